The van der Waals surface area contributed by atoms with Crippen LogP contribution in [0.3, 0.4) is 0 Å². The van der Waals surface area contributed by atoms with E-state index in [1.54, 1.807) is 0 Å². The van der Waals surface area contributed by atoms with Crippen LogP contribution in [0.1, 0.15) is 48.1 Å². The molecule has 0 amide bonds. The maximum absolute atomic E-state index is 2.81. The smallest absolute Gasteiger partial charge is 0.0557 e. The zero-order chi connectivity index (χ0) is 18.8. The molecule has 1 aromatic heterocycles. The van der Waals surface area contributed by atoms with Crippen LogP contribution in [-0.4, -0.2) is 24.0 Å². The molecular weight excluding hydrogens is 358 g/mol. The quantitative estimate of drug-likeness (QED) is 0.476. The van der Waals surface area contributed by atoms with Gasteiger partial charge in [-0.25, -0.2) is 0 Å². The molecule has 1 aliphatic carbocycles. The van der Waals surface area contributed by atoms with Crippen LogP contribution in [-0.2, 0) is 5.41 Å². The van der Waals surface area contributed by atoms with Crippen LogP contribution >= 0.6 is 11.3 Å². The summed E-state index contributed by atoms with van der Waals surface area (Å²) in [5.74, 6) is 0.939. The van der Waals surface area contributed by atoms with Gasteiger partial charge in [0.05, 0.1) is 5.41 Å². The summed E-state index contributed by atoms with van der Waals surface area (Å²) in [5, 5.41) is 2.23. The van der Waals surface area contributed by atoms with Crippen molar-refractivity contribution in [2.75, 3.05) is 13.1 Å². The molecule has 0 N–H and O–H groups in total. The third-order valence-electron chi connectivity index (χ3n) is 7.07. The average Bonchev–Trinajstić information content (AvgIpc) is 3.32. The van der Waals surface area contributed by atoms with E-state index in [4.69, 9.17) is 0 Å². The van der Waals surface area contributed by atoms with Crippen molar-refractivity contribution < 1.29 is 0 Å². The molecule has 0 radical (unpaired) electrons. The molecule has 0 spiro atoms. The number of hydrogen-bond donors (Lipinski definition) is 0. The molecule has 2 bridgehead atoms. The molecule has 2 aliphatic heterocycles. The van der Waals surface area contributed by atoms with Crippen molar-refractivity contribution in [2.24, 2.45) is 5.92 Å². The summed E-state index contributed by atoms with van der Waals surface area (Å²) in [6.07, 6.45) is 6.87. The molecule has 3 aromatic rings. The van der Waals surface area contributed by atoms with Crippen LogP contribution in [0.15, 0.2) is 78.2 Å². The van der Waals surface area contributed by atoms with Gasteiger partial charge >= 0.3 is 0 Å². The maximum atomic E-state index is 2.81. The number of thiophene rings is 1. The van der Waals surface area contributed by atoms with Crippen LogP contribution < -0.4 is 0 Å². The molecule has 144 valence electrons. The number of benzene rings is 2. The molecule has 0 unspecified atom stereocenters. The van der Waals surface area contributed by atoms with Crippen molar-refractivity contribution in [2.45, 2.75) is 43.6 Å². The Balaban J connectivity index is 1.56. The standard InChI is InChI=1S/C26H29NS/c1-3-8-22(9-4-1)26(25-12-7-19-28-25,23-10-5-2-6-11-23)17-18-27-20-21-13-15-24(27)16-14-21/h1-12,19,21,24H,13-18,20H2. The maximum Gasteiger partial charge on any atom is 0.0557 e. The molecule has 3 aliphatic rings. The van der Waals surface area contributed by atoms with E-state index >= 15 is 0 Å². The van der Waals surface area contributed by atoms with Gasteiger partial charge in [-0.15, -0.1) is 11.3 Å². The Hall–Kier alpha value is -1.90. The topological polar surface area (TPSA) is 3.24 Å². The Morgan fingerprint density at radius 1 is 0.786 bits per heavy atom. The Labute approximate surface area is 173 Å². The van der Waals surface area contributed by atoms with Gasteiger partial charge in [0.2, 0.25) is 0 Å². The molecule has 0 atom stereocenters. The third-order valence-corrected chi connectivity index (χ3v) is 8.11. The van der Waals surface area contributed by atoms with E-state index in [2.05, 4.69) is 83.1 Å². The molecular formula is C26H29NS. The third kappa shape index (κ3) is 3.23. The van der Waals surface area contributed by atoms with Gasteiger partial charge in [-0.2, -0.15) is 0 Å². The highest BCUT2D eigenvalue weighted by Crippen LogP contribution is 2.45. The van der Waals surface area contributed by atoms with Gasteiger partial charge in [0.15, 0.2) is 0 Å². The van der Waals surface area contributed by atoms with Gasteiger partial charge in [-0.05, 0) is 67.1 Å². The Morgan fingerprint density at radius 2 is 1.43 bits per heavy atom. The first-order chi connectivity index (χ1) is 13.9. The van der Waals surface area contributed by atoms with Crippen molar-refractivity contribution in [3.63, 3.8) is 0 Å². The van der Waals surface area contributed by atoms with E-state index in [-0.39, 0.29) is 5.41 Å². The van der Waals surface area contributed by atoms with Gasteiger partial charge in [0.25, 0.3) is 0 Å². The second-order valence-electron chi connectivity index (χ2n) is 8.53. The molecule has 3 fully saturated rings. The highest BCUT2D eigenvalue weighted by molar-refractivity contribution is 7.10. The van der Waals surface area contributed by atoms with Gasteiger partial charge in [-0.3, -0.25) is 0 Å². The summed E-state index contributed by atoms with van der Waals surface area (Å²) in [7, 11) is 0. The van der Waals surface area contributed by atoms with Crippen molar-refractivity contribution >= 4 is 11.3 Å². The monoisotopic (exact) mass is 387 g/mol. The van der Waals surface area contributed by atoms with E-state index < -0.39 is 0 Å². The average molecular weight is 388 g/mol. The van der Waals surface area contributed by atoms with Crippen LogP contribution in [0.4, 0.5) is 0 Å². The second kappa shape index (κ2) is 7.85. The van der Waals surface area contributed by atoms with Crippen molar-refractivity contribution in [3.8, 4) is 0 Å². The summed E-state index contributed by atoms with van der Waals surface area (Å²) in [6.45, 7) is 2.50. The minimum atomic E-state index is -0.0621. The first-order valence-corrected chi connectivity index (χ1v) is 11.6. The zero-order valence-corrected chi connectivity index (χ0v) is 17.3. The molecule has 2 aromatic carbocycles. The van der Waals surface area contributed by atoms with E-state index in [0.29, 0.717) is 0 Å². The molecule has 1 saturated carbocycles. The zero-order valence-electron chi connectivity index (χ0n) is 16.5. The Bertz CT molecular complexity index is 824. The molecule has 2 heteroatoms. The molecule has 2 saturated heterocycles. The Morgan fingerprint density at radius 3 is 1.93 bits per heavy atom. The van der Waals surface area contributed by atoms with Gasteiger partial charge in [-0.1, -0.05) is 66.7 Å². The Kier molecular flexibility index (Phi) is 5.09. The SMILES string of the molecule is c1ccc(C(CCN2CC3CCC2CC3)(c2ccccc2)c2cccs2)cc1. The number of hydrogen-bond acceptors (Lipinski definition) is 2. The van der Waals surface area contributed by atoms with Crippen LogP contribution in [0.25, 0.3) is 0 Å². The summed E-state index contributed by atoms with van der Waals surface area (Å²) >= 11 is 1.90. The van der Waals surface area contributed by atoms with E-state index in [1.165, 1.54) is 54.8 Å². The van der Waals surface area contributed by atoms with Crippen LogP contribution in [0.5, 0.6) is 0 Å². The summed E-state index contributed by atoms with van der Waals surface area (Å²) in [4.78, 5) is 4.28. The number of piperidine rings is 2. The highest BCUT2D eigenvalue weighted by atomic mass is 32.1. The lowest BCUT2D eigenvalue weighted by Crippen LogP contribution is -2.49. The van der Waals surface area contributed by atoms with Crippen molar-refractivity contribution in [3.05, 3.63) is 94.2 Å². The fourth-order valence-corrected chi connectivity index (χ4v) is 6.59. The number of rotatable bonds is 6. The van der Waals surface area contributed by atoms with E-state index in [0.717, 1.165) is 18.4 Å². The minimum Gasteiger partial charge on any atom is -0.300 e. The molecule has 3 heterocycles. The normalized spacial score (nSPS) is 22.4. The first kappa shape index (κ1) is 18.1. The fraction of sp³-hybridized carbons (Fsp3) is 0.385. The summed E-state index contributed by atoms with van der Waals surface area (Å²) in [5.41, 5.74) is 2.78. The van der Waals surface area contributed by atoms with Crippen LogP contribution in [0.2, 0.25) is 0 Å². The molecule has 28 heavy (non-hydrogen) atoms. The van der Waals surface area contributed by atoms with Crippen LogP contribution in [0, 0.1) is 5.92 Å². The molecule has 6 rings (SSSR count). The van der Waals surface area contributed by atoms with Gasteiger partial charge in [0, 0.05) is 17.5 Å². The van der Waals surface area contributed by atoms with E-state index in [9.17, 15) is 0 Å². The van der Waals surface area contributed by atoms with Crippen molar-refractivity contribution in [1.82, 2.24) is 4.90 Å². The summed E-state index contributed by atoms with van der Waals surface area (Å²) in [6, 6.07) is 27.7. The lowest BCUT2D eigenvalue weighted by Gasteiger charge is -2.47. The molecule has 1 nitrogen and oxygen atoms in total. The number of fused-ring (bicyclic) bond motifs is 3. The summed E-state index contributed by atoms with van der Waals surface area (Å²) < 4.78 is 0. The fourth-order valence-electron chi connectivity index (χ4n) is 5.59. The van der Waals surface area contributed by atoms with E-state index in [1.807, 2.05) is 11.3 Å². The first-order valence-electron chi connectivity index (χ1n) is 10.8. The second-order valence-corrected chi connectivity index (χ2v) is 9.48. The largest absolute Gasteiger partial charge is 0.300 e. The van der Waals surface area contributed by atoms with Crippen molar-refractivity contribution in [1.29, 1.82) is 0 Å². The highest BCUT2D eigenvalue weighted by Gasteiger charge is 2.40. The minimum absolute atomic E-state index is 0.0621. The number of nitrogens with zero attached hydrogens (tertiary/aromatic N) is 1. The predicted octanol–water partition coefficient (Wildman–Crippen LogP) is 6.35. The van der Waals surface area contributed by atoms with Gasteiger partial charge < -0.3 is 4.90 Å². The predicted molar refractivity (Wildman–Crippen MR) is 119 cm³/mol. The van der Waals surface area contributed by atoms with Gasteiger partial charge in [0.1, 0.15) is 0 Å². The lowest BCUT2D eigenvalue weighted by molar-refractivity contribution is 0.0455. The lowest BCUT2D eigenvalue weighted by atomic mass is 9.70.